The Morgan fingerprint density at radius 3 is 2.41 bits per heavy atom. The molecule has 2 nitrogen and oxygen atoms in total. The van der Waals surface area contributed by atoms with Crippen LogP contribution in [0.2, 0.25) is 0 Å². The fourth-order valence-electron chi connectivity index (χ4n) is 1.94. The van der Waals surface area contributed by atoms with Crippen LogP contribution in [0.1, 0.15) is 44.7 Å². The van der Waals surface area contributed by atoms with E-state index in [-0.39, 0.29) is 0 Å². The van der Waals surface area contributed by atoms with Gasteiger partial charge in [0.25, 0.3) is 0 Å². The van der Waals surface area contributed by atoms with Gasteiger partial charge < -0.3 is 10.6 Å². The number of hydrogen-bond acceptors (Lipinski definition) is 2. The van der Waals surface area contributed by atoms with Crippen LogP contribution in [-0.4, -0.2) is 19.6 Å². The average molecular weight is 234 g/mol. The van der Waals surface area contributed by atoms with Crippen LogP contribution >= 0.6 is 0 Å². The third-order valence-corrected chi connectivity index (χ3v) is 3.01. The minimum atomic E-state index is 0.490. The normalized spacial score (nSPS) is 12.6. The Bertz CT molecular complexity index is 272. The van der Waals surface area contributed by atoms with E-state index in [9.17, 15) is 0 Å². The van der Waals surface area contributed by atoms with Crippen molar-refractivity contribution >= 4 is 0 Å². The molecule has 0 bridgehead atoms. The van der Waals surface area contributed by atoms with Gasteiger partial charge in [0.05, 0.1) is 0 Å². The van der Waals surface area contributed by atoms with E-state index in [0.29, 0.717) is 6.04 Å². The van der Waals surface area contributed by atoms with Crippen LogP contribution in [0.25, 0.3) is 0 Å². The zero-order valence-corrected chi connectivity index (χ0v) is 11.2. The Balaban J connectivity index is 2.20. The summed E-state index contributed by atoms with van der Waals surface area (Å²) in [6.07, 6.45) is 3.68. The van der Waals surface area contributed by atoms with E-state index in [2.05, 4.69) is 54.8 Å². The lowest BCUT2D eigenvalue weighted by molar-refractivity contribution is 0.502. The summed E-state index contributed by atoms with van der Waals surface area (Å²) in [7, 11) is 0. The Hall–Kier alpha value is -0.860. The van der Waals surface area contributed by atoms with Crippen LogP contribution in [0, 0.1) is 0 Å². The van der Waals surface area contributed by atoms with Gasteiger partial charge in [-0.1, -0.05) is 50.6 Å². The molecule has 1 atom stereocenters. The fraction of sp³-hybridized carbons (Fsp3) is 0.600. The molecule has 0 saturated heterocycles. The second-order valence-electron chi connectivity index (χ2n) is 4.43. The van der Waals surface area contributed by atoms with Crippen molar-refractivity contribution in [1.29, 1.82) is 0 Å². The SMILES string of the molecule is CCCCNCCNC(CC)c1ccccc1. The number of rotatable bonds is 9. The molecule has 2 N–H and O–H groups in total. The van der Waals surface area contributed by atoms with Gasteiger partial charge in [-0.15, -0.1) is 0 Å². The zero-order valence-electron chi connectivity index (χ0n) is 11.2. The summed E-state index contributed by atoms with van der Waals surface area (Å²) in [5.74, 6) is 0. The molecule has 0 amide bonds. The second-order valence-corrected chi connectivity index (χ2v) is 4.43. The Morgan fingerprint density at radius 1 is 1.00 bits per heavy atom. The van der Waals surface area contributed by atoms with Crippen molar-refractivity contribution in [2.45, 2.75) is 39.2 Å². The van der Waals surface area contributed by atoms with Gasteiger partial charge in [0.15, 0.2) is 0 Å². The lowest BCUT2D eigenvalue weighted by Crippen LogP contribution is -2.30. The van der Waals surface area contributed by atoms with Gasteiger partial charge in [-0.3, -0.25) is 0 Å². The Morgan fingerprint density at radius 2 is 1.76 bits per heavy atom. The Kier molecular flexibility index (Phi) is 7.69. The van der Waals surface area contributed by atoms with E-state index >= 15 is 0 Å². The standard InChI is InChI=1S/C15H26N2/c1-3-5-11-16-12-13-17-15(4-2)14-9-7-6-8-10-14/h6-10,15-17H,3-5,11-13H2,1-2H3. The summed E-state index contributed by atoms with van der Waals surface area (Å²) in [4.78, 5) is 0. The predicted octanol–water partition coefficient (Wildman–Crippen LogP) is 3.12. The van der Waals surface area contributed by atoms with E-state index in [4.69, 9.17) is 0 Å². The number of hydrogen-bond donors (Lipinski definition) is 2. The van der Waals surface area contributed by atoms with Crippen molar-refractivity contribution in [2.24, 2.45) is 0 Å². The number of benzene rings is 1. The van der Waals surface area contributed by atoms with Crippen LogP contribution in [-0.2, 0) is 0 Å². The molecule has 0 spiro atoms. The van der Waals surface area contributed by atoms with Gasteiger partial charge in [0.1, 0.15) is 0 Å². The summed E-state index contributed by atoms with van der Waals surface area (Å²) >= 11 is 0. The van der Waals surface area contributed by atoms with E-state index in [1.807, 2.05) is 0 Å². The molecule has 0 fully saturated rings. The highest BCUT2D eigenvalue weighted by Crippen LogP contribution is 2.14. The van der Waals surface area contributed by atoms with Crippen LogP contribution in [0.5, 0.6) is 0 Å². The highest BCUT2D eigenvalue weighted by Gasteiger charge is 2.06. The maximum atomic E-state index is 3.60. The quantitative estimate of drug-likeness (QED) is 0.642. The first kappa shape index (κ1) is 14.2. The van der Waals surface area contributed by atoms with Gasteiger partial charge >= 0.3 is 0 Å². The largest absolute Gasteiger partial charge is 0.315 e. The molecule has 0 aliphatic heterocycles. The lowest BCUT2D eigenvalue weighted by atomic mass is 10.0. The minimum absolute atomic E-state index is 0.490. The van der Waals surface area contributed by atoms with Crippen molar-refractivity contribution in [3.8, 4) is 0 Å². The molecular weight excluding hydrogens is 208 g/mol. The monoisotopic (exact) mass is 234 g/mol. The molecule has 1 unspecified atom stereocenters. The van der Waals surface area contributed by atoms with Crippen LogP contribution in [0.15, 0.2) is 30.3 Å². The minimum Gasteiger partial charge on any atom is -0.315 e. The van der Waals surface area contributed by atoms with Crippen LogP contribution in [0.3, 0.4) is 0 Å². The summed E-state index contributed by atoms with van der Waals surface area (Å²) < 4.78 is 0. The maximum Gasteiger partial charge on any atom is 0.0318 e. The third-order valence-electron chi connectivity index (χ3n) is 3.01. The highest BCUT2D eigenvalue weighted by molar-refractivity contribution is 5.18. The van der Waals surface area contributed by atoms with Crippen molar-refractivity contribution in [3.63, 3.8) is 0 Å². The molecule has 17 heavy (non-hydrogen) atoms. The average Bonchev–Trinajstić information content (AvgIpc) is 2.39. The van der Waals surface area contributed by atoms with Crippen molar-refractivity contribution in [2.75, 3.05) is 19.6 Å². The molecule has 0 heterocycles. The van der Waals surface area contributed by atoms with E-state index in [1.165, 1.54) is 18.4 Å². The molecular formula is C15H26N2. The molecule has 0 saturated carbocycles. The molecule has 1 rings (SSSR count). The molecule has 1 aromatic carbocycles. The molecule has 0 aliphatic rings. The highest BCUT2D eigenvalue weighted by atomic mass is 15.0. The van der Waals surface area contributed by atoms with Gasteiger partial charge in [-0.25, -0.2) is 0 Å². The summed E-state index contributed by atoms with van der Waals surface area (Å²) in [5, 5.41) is 7.05. The predicted molar refractivity (Wildman–Crippen MR) is 75.3 cm³/mol. The summed E-state index contributed by atoms with van der Waals surface area (Å²) in [6, 6.07) is 11.2. The number of nitrogens with one attached hydrogen (secondary N) is 2. The van der Waals surface area contributed by atoms with Gasteiger partial charge in [-0.05, 0) is 24.9 Å². The molecule has 96 valence electrons. The topological polar surface area (TPSA) is 24.1 Å². The van der Waals surface area contributed by atoms with E-state index in [0.717, 1.165) is 26.1 Å². The number of unbranched alkanes of at least 4 members (excludes halogenated alkanes) is 1. The molecule has 2 heteroatoms. The molecule has 0 aliphatic carbocycles. The van der Waals surface area contributed by atoms with Crippen molar-refractivity contribution < 1.29 is 0 Å². The Labute approximate surface area is 106 Å². The van der Waals surface area contributed by atoms with Gasteiger partial charge in [0.2, 0.25) is 0 Å². The van der Waals surface area contributed by atoms with E-state index < -0.39 is 0 Å². The van der Waals surface area contributed by atoms with E-state index in [1.54, 1.807) is 0 Å². The first-order chi connectivity index (χ1) is 8.38. The second kappa shape index (κ2) is 9.20. The molecule has 0 aromatic heterocycles. The molecule has 1 aromatic rings. The first-order valence-corrected chi connectivity index (χ1v) is 6.87. The first-order valence-electron chi connectivity index (χ1n) is 6.87. The van der Waals surface area contributed by atoms with Crippen molar-refractivity contribution in [3.05, 3.63) is 35.9 Å². The van der Waals surface area contributed by atoms with Gasteiger partial charge in [-0.2, -0.15) is 0 Å². The maximum absolute atomic E-state index is 3.60. The van der Waals surface area contributed by atoms with Crippen molar-refractivity contribution in [1.82, 2.24) is 10.6 Å². The third kappa shape index (κ3) is 5.85. The smallest absolute Gasteiger partial charge is 0.0318 e. The summed E-state index contributed by atoms with van der Waals surface area (Å²) in [5.41, 5.74) is 1.39. The van der Waals surface area contributed by atoms with Gasteiger partial charge in [0, 0.05) is 19.1 Å². The fourth-order valence-corrected chi connectivity index (χ4v) is 1.94. The summed E-state index contributed by atoms with van der Waals surface area (Å²) in [6.45, 7) is 7.69. The van der Waals surface area contributed by atoms with Crippen LogP contribution in [0.4, 0.5) is 0 Å². The molecule has 0 radical (unpaired) electrons. The van der Waals surface area contributed by atoms with Crippen LogP contribution < -0.4 is 10.6 Å². The lowest BCUT2D eigenvalue weighted by Gasteiger charge is -2.17. The zero-order chi connectivity index (χ0) is 12.3.